The molecule has 0 radical (unpaired) electrons. The van der Waals surface area contributed by atoms with E-state index in [1.54, 1.807) is 26.4 Å². The molecule has 0 atom stereocenters. The molecule has 1 saturated heterocycles. The van der Waals surface area contributed by atoms with Gasteiger partial charge in [0.15, 0.2) is 0 Å². The van der Waals surface area contributed by atoms with Gasteiger partial charge in [-0.05, 0) is 24.3 Å². The predicted molar refractivity (Wildman–Crippen MR) is 177 cm³/mol. The van der Waals surface area contributed by atoms with Crippen molar-refractivity contribution < 1.29 is 18.6 Å². The van der Waals surface area contributed by atoms with E-state index in [2.05, 4.69) is 42.8 Å². The molecule has 0 saturated carbocycles. The number of nitrogen functional groups attached to an aromatic ring is 1. The number of methoxy groups -OCH3 is 2. The van der Waals surface area contributed by atoms with Crippen molar-refractivity contribution in [3.05, 3.63) is 61.2 Å². The van der Waals surface area contributed by atoms with E-state index in [1.165, 1.54) is 5.69 Å². The van der Waals surface area contributed by atoms with Crippen molar-refractivity contribution in [3.63, 3.8) is 0 Å². The maximum absolute atomic E-state index is 5.83. The highest BCUT2D eigenvalue weighted by Crippen LogP contribution is 2.37. The molecule has 0 bridgehead atoms. The summed E-state index contributed by atoms with van der Waals surface area (Å²) in [7, 11) is 10.8. The Hall–Kier alpha value is -4.78. The third-order valence-electron chi connectivity index (χ3n) is 6.65. The van der Waals surface area contributed by atoms with Crippen LogP contribution in [0.5, 0.6) is 11.5 Å². The smallest absolute Gasteiger partial charge is 0.421 e. The van der Waals surface area contributed by atoms with Crippen molar-refractivity contribution in [1.82, 2.24) is 14.5 Å². The van der Waals surface area contributed by atoms with E-state index in [4.69, 9.17) is 15.2 Å². The van der Waals surface area contributed by atoms with E-state index in [0.717, 1.165) is 37.8 Å². The fourth-order valence-corrected chi connectivity index (χ4v) is 4.28. The minimum absolute atomic E-state index is 0. The van der Waals surface area contributed by atoms with Crippen molar-refractivity contribution >= 4 is 34.6 Å². The molecule has 3 N–H and O–H groups in total. The Labute approximate surface area is 262 Å². The lowest BCUT2D eigenvalue weighted by molar-refractivity contribution is -0.657. The van der Waals surface area contributed by atoms with Crippen LogP contribution < -0.4 is 34.6 Å². The van der Waals surface area contributed by atoms with Gasteiger partial charge in [-0.15, -0.1) is 0 Å². The number of aromatic nitrogens is 4. The average molecular weight is 610 g/mol. The maximum Gasteiger partial charge on any atom is 0.421 e. The third-order valence-corrected chi connectivity index (χ3v) is 6.65. The van der Waals surface area contributed by atoms with Gasteiger partial charge in [-0.1, -0.05) is 32.5 Å². The van der Waals surface area contributed by atoms with Crippen LogP contribution in [0.2, 0.25) is 0 Å². The molecule has 1 fully saturated rings. The summed E-state index contributed by atoms with van der Waals surface area (Å²) in [5.41, 5.74) is 9.00. The third kappa shape index (κ3) is 9.11. The molecule has 2 aromatic heterocycles. The van der Waals surface area contributed by atoms with Crippen molar-refractivity contribution in [3.8, 4) is 11.5 Å². The number of piperazine rings is 1. The highest BCUT2D eigenvalue weighted by Gasteiger charge is 2.14. The minimum atomic E-state index is 0. The molecule has 44 heavy (non-hydrogen) atoms. The normalized spacial score (nSPS) is 12.5. The first-order valence-corrected chi connectivity index (χ1v) is 13.2. The molecule has 240 valence electrons. The number of anilines is 2. The van der Waals surface area contributed by atoms with E-state index in [9.17, 15) is 0 Å². The van der Waals surface area contributed by atoms with Gasteiger partial charge in [-0.3, -0.25) is 0 Å². The zero-order chi connectivity index (χ0) is 29.4. The van der Waals surface area contributed by atoms with Crippen LogP contribution in [0.25, 0.3) is 0 Å². The van der Waals surface area contributed by atoms with Gasteiger partial charge in [-0.25, -0.2) is 18.3 Å². The van der Waals surface area contributed by atoms with Gasteiger partial charge in [0, 0.05) is 54.2 Å². The molecule has 4 aromatic rings. The summed E-state index contributed by atoms with van der Waals surface area (Å²) in [5.74, 6) is 2.61. The average Bonchev–Trinajstić information content (AvgIpc) is 3.50. The summed E-state index contributed by atoms with van der Waals surface area (Å²) in [6.07, 6.45) is 7.72. The van der Waals surface area contributed by atoms with Gasteiger partial charge in [0.05, 0.1) is 72.9 Å². The number of azo groups is 2. The molecule has 3 heterocycles. The number of aryl methyl sites for hydroxylation is 4. The van der Waals surface area contributed by atoms with Gasteiger partial charge < -0.3 is 25.4 Å². The first-order valence-electron chi connectivity index (χ1n) is 13.2. The quantitative estimate of drug-likeness (QED) is 0.164. The lowest BCUT2D eigenvalue weighted by atomic mass is 10.2. The first-order chi connectivity index (χ1) is 19.8. The fourth-order valence-electron chi connectivity index (χ4n) is 4.28. The van der Waals surface area contributed by atoms with Crippen molar-refractivity contribution in [2.24, 2.45) is 48.6 Å². The minimum Gasteiger partial charge on any atom is -0.495 e. The summed E-state index contributed by atoms with van der Waals surface area (Å²) < 4.78 is 18.0. The number of benzene rings is 2. The molecule has 13 nitrogen and oxygen atoms in total. The number of hydrogen-bond donors (Lipinski definition) is 2. The zero-order valence-corrected chi connectivity index (χ0v) is 24.5. The molecular formula is C31H51N11O2+2. The van der Waals surface area contributed by atoms with Crippen LogP contribution in [0.15, 0.2) is 81.6 Å². The van der Waals surface area contributed by atoms with Crippen LogP contribution in [-0.4, -0.2) is 49.5 Å². The second-order valence-electron chi connectivity index (χ2n) is 9.56. The van der Waals surface area contributed by atoms with Crippen LogP contribution in [0.3, 0.4) is 0 Å². The Morgan fingerprint density at radius 2 is 1.27 bits per heavy atom. The number of hydrogen-bond acceptors (Lipinski definition) is 9. The molecular weight excluding hydrogens is 558 g/mol. The molecule has 0 amide bonds. The fraction of sp³-hybridized carbons (Fsp3) is 0.419. The summed E-state index contributed by atoms with van der Waals surface area (Å²) in [5, 5.41) is 20.4. The van der Waals surface area contributed by atoms with Crippen LogP contribution in [0, 0.1) is 0 Å². The van der Waals surface area contributed by atoms with E-state index in [0.29, 0.717) is 28.8 Å². The second kappa shape index (κ2) is 17.4. The van der Waals surface area contributed by atoms with E-state index < -0.39 is 0 Å². The van der Waals surface area contributed by atoms with Crippen LogP contribution in [0.4, 0.5) is 34.6 Å². The van der Waals surface area contributed by atoms with Crippen molar-refractivity contribution in [1.29, 1.82) is 0 Å². The van der Waals surface area contributed by atoms with E-state index in [1.807, 2.05) is 83.4 Å². The van der Waals surface area contributed by atoms with E-state index in [-0.39, 0.29) is 22.3 Å². The van der Waals surface area contributed by atoms with Gasteiger partial charge in [0.2, 0.25) is 0 Å². The highest BCUT2D eigenvalue weighted by molar-refractivity contribution is 5.66. The van der Waals surface area contributed by atoms with Gasteiger partial charge in [0.1, 0.15) is 22.9 Å². The molecule has 0 spiro atoms. The lowest BCUT2D eigenvalue weighted by Crippen LogP contribution is -2.43. The summed E-state index contributed by atoms with van der Waals surface area (Å²) in [4.78, 5) is 2.38. The standard InChI is InChI=1S/C15H21N6.C13H17N5O2.3CH4/c1-19-11-12-20(2)15(19)18-17-13-3-5-14(6-4-13)21-9-7-16-8-10-21;1-17-5-6-18(2)13(17)16-15-10-8-11(19-3)9(14)7-12(10)20-4;;;/h3-6,11-12,16H,7-10H2,1-2H3;5-8,14H,1-4H3;3*1H4/q+1;;;;/p+1. The Balaban J connectivity index is 0.000000412. The zero-order valence-electron chi connectivity index (χ0n) is 24.5. The van der Waals surface area contributed by atoms with Crippen molar-refractivity contribution in [2.75, 3.05) is 51.0 Å². The molecule has 0 unspecified atom stereocenters. The molecule has 2 aromatic carbocycles. The van der Waals surface area contributed by atoms with E-state index >= 15 is 0 Å². The predicted octanol–water partition coefficient (Wildman–Crippen LogP) is 5.45. The second-order valence-corrected chi connectivity index (χ2v) is 9.56. The first kappa shape index (κ1) is 37.2. The van der Waals surface area contributed by atoms with Crippen molar-refractivity contribution in [2.45, 2.75) is 22.3 Å². The summed E-state index contributed by atoms with van der Waals surface area (Å²) in [6, 6.07) is 11.6. The SMILES string of the molecule is C.C.C.COc1cc(N=Nc2n(C)cc[n+]2C)c(OC)cc1N.Cn1cc[n+](C)c1N=Nc1ccc(N2CCNCC2)cc1. The number of nitrogens with one attached hydrogen (secondary N) is 1. The number of ether oxygens (including phenoxy) is 2. The maximum atomic E-state index is 5.83. The molecule has 5 rings (SSSR count). The van der Waals surface area contributed by atoms with Crippen LogP contribution in [-0.2, 0) is 28.2 Å². The van der Waals surface area contributed by atoms with Gasteiger partial charge in [0.25, 0.3) is 0 Å². The Morgan fingerprint density at radius 1 is 0.750 bits per heavy atom. The molecule has 1 aliphatic rings. The van der Waals surface area contributed by atoms with Crippen LogP contribution in [0.1, 0.15) is 22.3 Å². The lowest BCUT2D eigenvalue weighted by Gasteiger charge is -2.29. The monoisotopic (exact) mass is 609 g/mol. The topological polar surface area (TPSA) is 127 Å². The Morgan fingerprint density at radius 3 is 1.75 bits per heavy atom. The summed E-state index contributed by atoms with van der Waals surface area (Å²) >= 11 is 0. The number of nitrogens with two attached hydrogens (primary N) is 1. The molecule has 0 aliphatic carbocycles. The number of rotatable bonds is 7. The molecule has 1 aliphatic heterocycles. The number of imidazole rings is 2. The van der Waals surface area contributed by atoms with Gasteiger partial charge in [-0.2, -0.15) is 0 Å². The Bertz CT molecular complexity index is 1460. The van der Waals surface area contributed by atoms with Gasteiger partial charge >= 0.3 is 11.9 Å². The van der Waals surface area contributed by atoms with Crippen LogP contribution >= 0.6 is 0 Å². The highest BCUT2D eigenvalue weighted by atomic mass is 16.5. The summed E-state index contributed by atoms with van der Waals surface area (Å²) in [6.45, 7) is 4.21. The largest absolute Gasteiger partial charge is 0.495 e. The number of nitrogens with zero attached hydrogens (tertiary/aromatic N) is 9. The molecule has 13 heteroatoms. The Kier molecular flexibility index (Phi) is 14.7.